The first kappa shape index (κ1) is 22.5. The van der Waals surface area contributed by atoms with Crippen LogP contribution in [-0.2, 0) is 15.1 Å². The number of carbonyl (C=O) groups is 3. The van der Waals surface area contributed by atoms with Gasteiger partial charge < -0.3 is 9.73 Å². The van der Waals surface area contributed by atoms with Crippen molar-refractivity contribution in [2.75, 3.05) is 6.54 Å². The smallest absolute Gasteiger partial charge is 0.325 e. The van der Waals surface area contributed by atoms with E-state index in [2.05, 4.69) is 10.4 Å². The van der Waals surface area contributed by atoms with Crippen molar-refractivity contribution < 1.29 is 23.7 Å². The molecule has 0 radical (unpaired) electrons. The molecule has 178 valence electrons. The number of carbonyl (C=O) groups excluding carboxylic acids is 3. The summed E-state index contributed by atoms with van der Waals surface area (Å²) in [5.41, 5.74) is -0.644. The third kappa shape index (κ3) is 3.87. The lowest BCUT2D eigenvalue weighted by Crippen LogP contribution is -2.43. The van der Waals surface area contributed by atoms with Crippen LogP contribution in [0.5, 0.6) is 0 Å². The van der Waals surface area contributed by atoms with Crippen molar-refractivity contribution in [2.45, 2.75) is 24.9 Å². The van der Waals surface area contributed by atoms with Crippen LogP contribution in [-0.4, -0.2) is 44.9 Å². The van der Waals surface area contributed by atoms with Crippen LogP contribution in [0.2, 0.25) is 0 Å². The van der Waals surface area contributed by atoms with Crippen molar-refractivity contribution in [3.8, 4) is 0 Å². The molecule has 4 heterocycles. The Bertz CT molecular complexity index is 1340. The quantitative estimate of drug-likeness (QED) is 0.317. The van der Waals surface area contributed by atoms with E-state index in [4.69, 9.17) is 4.42 Å². The molecule has 0 bridgehead atoms. The summed E-state index contributed by atoms with van der Waals surface area (Å²) in [5.74, 6) is -0.615. The van der Waals surface area contributed by atoms with Crippen molar-refractivity contribution in [1.82, 2.24) is 15.2 Å². The highest BCUT2D eigenvalue weighted by Gasteiger charge is 2.50. The first-order valence-corrected chi connectivity index (χ1v) is 11.5. The van der Waals surface area contributed by atoms with E-state index in [1.165, 1.54) is 53.8 Å². The molecule has 12 heteroatoms. The van der Waals surface area contributed by atoms with Crippen LogP contribution in [0.15, 0.2) is 69.7 Å². The molecule has 2 unspecified atom stereocenters. The molecule has 3 aromatic rings. The lowest BCUT2D eigenvalue weighted by Gasteiger charge is -2.24. The third-order valence-corrected chi connectivity index (χ3v) is 7.04. The van der Waals surface area contributed by atoms with Crippen LogP contribution < -0.4 is 5.32 Å². The largest absolute Gasteiger partial charge is 0.463 e. The summed E-state index contributed by atoms with van der Waals surface area (Å²) in [6, 6.07) is 11.5. The van der Waals surface area contributed by atoms with Crippen LogP contribution in [0.3, 0.4) is 0 Å². The lowest BCUT2D eigenvalue weighted by molar-refractivity contribution is -0.384. The van der Waals surface area contributed by atoms with Crippen LogP contribution in [0, 0.1) is 10.1 Å². The second-order valence-electron chi connectivity index (χ2n) is 8.25. The number of hydrogen-bond acceptors (Lipinski definition) is 8. The molecule has 11 nitrogen and oxygen atoms in total. The van der Waals surface area contributed by atoms with Crippen LogP contribution in [0.25, 0.3) is 0 Å². The van der Waals surface area contributed by atoms with Gasteiger partial charge in [0.25, 0.3) is 17.5 Å². The number of amides is 4. The summed E-state index contributed by atoms with van der Waals surface area (Å²) in [5, 5.41) is 21.2. The van der Waals surface area contributed by atoms with Gasteiger partial charge in [-0.15, -0.1) is 11.3 Å². The van der Waals surface area contributed by atoms with Gasteiger partial charge in [-0.25, -0.2) is 9.80 Å². The summed E-state index contributed by atoms with van der Waals surface area (Å²) < 4.78 is 5.44. The predicted molar refractivity (Wildman–Crippen MR) is 124 cm³/mol. The number of nitro benzene ring substituents is 1. The molecule has 5 rings (SSSR count). The van der Waals surface area contributed by atoms with Crippen LogP contribution in [0.4, 0.5) is 10.5 Å². The number of nitrogens with zero attached hydrogens (tertiary/aromatic N) is 4. The zero-order chi connectivity index (χ0) is 24.7. The van der Waals surface area contributed by atoms with E-state index in [9.17, 15) is 24.5 Å². The van der Waals surface area contributed by atoms with Gasteiger partial charge in [0.15, 0.2) is 0 Å². The molecule has 4 amide bonds. The molecule has 0 spiro atoms. The Hall–Kier alpha value is -4.32. The molecule has 35 heavy (non-hydrogen) atoms. The number of rotatable bonds is 6. The Kier molecular flexibility index (Phi) is 5.44. The van der Waals surface area contributed by atoms with Gasteiger partial charge in [-0.2, -0.15) is 5.10 Å². The summed E-state index contributed by atoms with van der Waals surface area (Å²) in [4.78, 5) is 51.5. The van der Waals surface area contributed by atoms with E-state index in [1.807, 2.05) is 17.5 Å². The number of thiophene rings is 1. The number of non-ortho nitro benzene ring substituents is 1. The number of nitro groups is 1. The second-order valence-corrected chi connectivity index (χ2v) is 9.23. The minimum atomic E-state index is -1.47. The first-order chi connectivity index (χ1) is 16.8. The molecule has 2 aliphatic rings. The number of benzene rings is 1. The fourth-order valence-corrected chi connectivity index (χ4v) is 5.01. The van der Waals surface area contributed by atoms with Crippen molar-refractivity contribution in [1.29, 1.82) is 0 Å². The number of urea groups is 1. The van der Waals surface area contributed by atoms with Gasteiger partial charge in [0.05, 0.1) is 17.2 Å². The summed E-state index contributed by atoms with van der Waals surface area (Å²) in [6.07, 6.45) is 1.95. The molecule has 2 aliphatic heterocycles. The standard InChI is InChI=1S/C23H19N5O6S/c1-23(14-6-8-15(9-7-14)28(32)33)21(30)26(22(31)24-23)13-20(29)27-17(19-5-3-11-35-19)12-16(25-27)18-4-2-10-34-18/h2-11,17H,12-13H2,1H3,(H,24,31). The van der Waals surface area contributed by atoms with Gasteiger partial charge in [0.1, 0.15) is 23.6 Å². The average Bonchev–Trinajstić information content (AvgIpc) is 3.64. The van der Waals surface area contributed by atoms with E-state index in [-0.39, 0.29) is 11.7 Å². The second kappa shape index (κ2) is 8.47. The molecule has 1 saturated heterocycles. The maximum atomic E-state index is 13.3. The zero-order valence-electron chi connectivity index (χ0n) is 18.4. The Balaban J connectivity index is 1.38. The summed E-state index contributed by atoms with van der Waals surface area (Å²) >= 11 is 1.48. The van der Waals surface area contributed by atoms with Gasteiger partial charge in [-0.1, -0.05) is 6.07 Å². The summed E-state index contributed by atoms with van der Waals surface area (Å²) in [7, 11) is 0. The first-order valence-electron chi connectivity index (χ1n) is 10.6. The highest BCUT2D eigenvalue weighted by atomic mass is 32.1. The molecule has 2 aromatic heterocycles. The Morgan fingerprint density at radius 3 is 2.66 bits per heavy atom. The fraction of sp³-hybridized carbons (Fsp3) is 0.217. The van der Waals surface area contributed by atoms with Gasteiger partial charge in [-0.3, -0.25) is 24.6 Å². The number of furan rings is 1. The highest BCUT2D eigenvalue weighted by Crippen LogP contribution is 2.36. The van der Waals surface area contributed by atoms with Crippen molar-refractivity contribution in [2.24, 2.45) is 5.10 Å². The highest BCUT2D eigenvalue weighted by molar-refractivity contribution is 7.10. The van der Waals surface area contributed by atoms with Gasteiger partial charge in [-0.05, 0) is 48.2 Å². The van der Waals surface area contributed by atoms with Crippen molar-refractivity contribution in [3.63, 3.8) is 0 Å². The van der Waals surface area contributed by atoms with Crippen molar-refractivity contribution in [3.05, 3.63) is 86.5 Å². The summed E-state index contributed by atoms with van der Waals surface area (Å²) in [6.45, 7) is 0.987. The van der Waals surface area contributed by atoms with Crippen LogP contribution >= 0.6 is 11.3 Å². The lowest BCUT2D eigenvalue weighted by atomic mass is 9.92. The maximum Gasteiger partial charge on any atom is 0.325 e. The third-order valence-electron chi connectivity index (χ3n) is 6.07. The molecular formula is C23H19N5O6S. The zero-order valence-corrected chi connectivity index (χ0v) is 19.2. The monoisotopic (exact) mass is 493 g/mol. The van der Waals surface area contributed by atoms with Crippen LogP contribution in [0.1, 0.15) is 35.6 Å². The number of imide groups is 1. The minimum absolute atomic E-state index is 0.139. The van der Waals surface area contributed by atoms with Crippen molar-refractivity contribution >= 4 is 40.6 Å². The predicted octanol–water partition coefficient (Wildman–Crippen LogP) is 3.39. The van der Waals surface area contributed by atoms with E-state index in [1.54, 1.807) is 12.1 Å². The number of hydrogen-bond donors (Lipinski definition) is 1. The topological polar surface area (TPSA) is 138 Å². The van der Waals surface area contributed by atoms with E-state index in [0.29, 0.717) is 23.5 Å². The molecule has 0 aliphatic carbocycles. The normalized spacial score (nSPS) is 21.9. The SMILES string of the molecule is CC1(c2ccc([N+](=O)[O-])cc2)NC(=O)N(CC(=O)N2N=C(c3ccco3)CC2c2cccs2)C1=O. The minimum Gasteiger partial charge on any atom is -0.463 e. The Labute approximate surface area is 202 Å². The Morgan fingerprint density at radius 2 is 2.03 bits per heavy atom. The molecular weight excluding hydrogens is 474 g/mol. The van der Waals surface area contributed by atoms with E-state index >= 15 is 0 Å². The molecule has 1 aromatic carbocycles. The number of hydrazone groups is 1. The molecule has 1 fully saturated rings. The van der Waals surface area contributed by atoms with Gasteiger partial charge in [0, 0.05) is 23.4 Å². The average molecular weight is 494 g/mol. The fourth-order valence-electron chi connectivity index (χ4n) is 4.19. The van der Waals surface area contributed by atoms with Gasteiger partial charge >= 0.3 is 6.03 Å². The maximum absolute atomic E-state index is 13.3. The number of nitrogens with one attached hydrogen (secondary N) is 1. The van der Waals surface area contributed by atoms with Gasteiger partial charge in [0.2, 0.25) is 0 Å². The van der Waals surface area contributed by atoms with E-state index in [0.717, 1.165) is 9.78 Å². The Morgan fingerprint density at radius 1 is 1.26 bits per heavy atom. The molecule has 2 atom stereocenters. The molecule has 0 saturated carbocycles. The van der Waals surface area contributed by atoms with E-state index < -0.39 is 34.9 Å². The molecule has 1 N–H and O–H groups in total.